The van der Waals surface area contributed by atoms with Crippen LogP contribution in [0.25, 0.3) is 0 Å². The number of carboxylic acid groups (broad SMARTS) is 2. The molecule has 0 aromatic heterocycles. The molecule has 8 heteroatoms. The first kappa shape index (κ1) is 16.0. The van der Waals surface area contributed by atoms with Crippen molar-refractivity contribution in [2.75, 3.05) is 0 Å². The van der Waals surface area contributed by atoms with Gasteiger partial charge in [0.2, 0.25) is 0 Å². The predicted octanol–water partition coefficient (Wildman–Crippen LogP) is -0.497. The molecule has 0 aliphatic heterocycles. The van der Waals surface area contributed by atoms with Crippen LogP contribution in [0.1, 0.15) is 32.1 Å². The molecule has 8 nitrogen and oxygen atoms in total. The van der Waals surface area contributed by atoms with E-state index in [0.29, 0.717) is 0 Å². The van der Waals surface area contributed by atoms with Gasteiger partial charge in [-0.3, -0.25) is 19.2 Å². The highest BCUT2D eigenvalue weighted by Gasteiger charge is 2.16. The Morgan fingerprint density at radius 1 is 1.00 bits per heavy atom. The third-order valence-corrected chi connectivity index (χ3v) is 1.98. The molecule has 0 heterocycles. The molecule has 0 radical (unpaired) electrons. The first-order valence-electron chi connectivity index (χ1n) is 5.26. The van der Waals surface area contributed by atoms with E-state index in [-0.39, 0.29) is 32.1 Å². The van der Waals surface area contributed by atoms with Crippen molar-refractivity contribution in [1.82, 2.24) is 0 Å². The fraction of sp³-hybridized carbons (Fsp3) is 0.600. The van der Waals surface area contributed by atoms with E-state index in [0.717, 1.165) is 0 Å². The maximum Gasteiger partial charge on any atom is 0.320 e. The average molecular weight is 261 g/mol. The normalized spacial score (nSPS) is 11.6. The molecule has 0 aromatic rings. The summed E-state index contributed by atoms with van der Waals surface area (Å²) < 4.78 is 4.34. The average Bonchev–Trinajstić information content (AvgIpc) is 2.24. The van der Waals surface area contributed by atoms with Gasteiger partial charge in [0, 0.05) is 19.3 Å². The van der Waals surface area contributed by atoms with E-state index in [4.69, 9.17) is 15.9 Å². The summed E-state index contributed by atoms with van der Waals surface area (Å²) in [4.78, 5) is 42.6. The monoisotopic (exact) mass is 261 g/mol. The molecule has 0 aliphatic carbocycles. The summed E-state index contributed by atoms with van der Waals surface area (Å²) in [6.45, 7) is 0. The van der Waals surface area contributed by atoms with E-state index in [1.165, 1.54) is 0 Å². The van der Waals surface area contributed by atoms with Crippen LogP contribution in [0.3, 0.4) is 0 Å². The Balaban J connectivity index is 3.77. The Hall–Kier alpha value is -1.96. The first-order chi connectivity index (χ1) is 8.32. The van der Waals surface area contributed by atoms with Gasteiger partial charge in [0.05, 0.1) is 0 Å². The van der Waals surface area contributed by atoms with E-state index in [2.05, 4.69) is 4.74 Å². The van der Waals surface area contributed by atoms with Crippen LogP contribution in [0.5, 0.6) is 0 Å². The zero-order chi connectivity index (χ0) is 14.1. The SMILES string of the molecule is N[C@@H](CCC(=O)OC(=O)CCCC(=O)O)C(=O)O. The molecule has 4 N–H and O–H groups in total. The highest BCUT2D eigenvalue weighted by molar-refractivity contribution is 5.86. The molecule has 0 fully saturated rings. The predicted molar refractivity (Wildman–Crippen MR) is 57.4 cm³/mol. The molecule has 0 aromatic carbocycles. The Morgan fingerprint density at radius 2 is 1.56 bits per heavy atom. The summed E-state index contributed by atoms with van der Waals surface area (Å²) in [6.07, 6.45) is -0.693. The molecule has 0 aliphatic rings. The summed E-state index contributed by atoms with van der Waals surface area (Å²) in [5, 5.41) is 16.8. The molecule has 0 rings (SSSR count). The van der Waals surface area contributed by atoms with Gasteiger partial charge in [-0.1, -0.05) is 0 Å². The van der Waals surface area contributed by atoms with Crippen molar-refractivity contribution in [2.45, 2.75) is 38.1 Å². The Morgan fingerprint density at radius 3 is 2.06 bits per heavy atom. The highest BCUT2D eigenvalue weighted by atomic mass is 16.6. The lowest BCUT2D eigenvalue weighted by atomic mass is 10.2. The van der Waals surface area contributed by atoms with Gasteiger partial charge in [-0.25, -0.2) is 0 Å². The summed E-state index contributed by atoms with van der Waals surface area (Å²) in [7, 11) is 0. The number of hydrogen-bond acceptors (Lipinski definition) is 6. The van der Waals surface area contributed by atoms with Crippen molar-refractivity contribution in [3.8, 4) is 0 Å². The van der Waals surface area contributed by atoms with Gasteiger partial charge in [-0.2, -0.15) is 0 Å². The van der Waals surface area contributed by atoms with Crippen molar-refractivity contribution in [3.63, 3.8) is 0 Å². The fourth-order valence-corrected chi connectivity index (χ4v) is 1.01. The Kier molecular flexibility index (Phi) is 7.29. The topological polar surface area (TPSA) is 144 Å². The third kappa shape index (κ3) is 8.22. The number of carbonyl (C=O) groups excluding carboxylic acids is 2. The number of esters is 2. The van der Waals surface area contributed by atoms with E-state index < -0.39 is 29.9 Å². The summed E-state index contributed by atoms with van der Waals surface area (Å²) in [5.41, 5.74) is 5.15. The van der Waals surface area contributed by atoms with Gasteiger partial charge in [0.1, 0.15) is 6.04 Å². The lowest BCUT2D eigenvalue weighted by Gasteiger charge is -2.05. The fourth-order valence-electron chi connectivity index (χ4n) is 1.01. The van der Waals surface area contributed by atoms with Crippen LogP contribution in [-0.4, -0.2) is 40.1 Å². The van der Waals surface area contributed by atoms with Crippen LogP contribution in [0.2, 0.25) is 0 Å². The lowest BCUT2D eigenvalue weighted by Crippen LogP contribution is -2.30. The van der Waals surface area contributed by atoms with Gasteiger partial charge < -0.3 is 20.7 Å². The van der Waals surface area contributed by atoms with Crippen LogP contribution in [0.15, 0.2) is 0 Å². The molecule has 0 saturated carbocycles. The summed E-state index contributed by atoms with van der Waals surface area (Å²) in [5.74, 6) is -3.98. The molecule has 18 heavy (non-hydrogen) atoms. The van der Waals surface area contributed by atoms with Gasteiger partial charge in [0.15, 0.2) is 0 Å². The molecular weight excluding hydrogens is 246 g/mol. The molecule has 0 unspecified atom stereocenters. The molecule has 0 saturated heterocycles. The molecule has 102 valence electrons. The van der Waals surface area contributed by atoms with E-state index in [1.54, 1.807) is 0 Å². The Labute approximate surface area is 103 Å². The Bertz CT molecular complexity index is 339. The molecule has 0 spiro atoms. The van der Waals surface area contributed by atoms with Crippen LogP contribution in [0, 0.1) is 0 Å². The zero-order valence-electron chi connectivity index (χ0n) is 9.63. The maximum absolute atomic E-state index is 11.1. The van der Waals surface area contributed by atoms with Gasteiger partial charge in [-0.05, 0) is 12.8 Å². The molecule has 0 amide bonds. The van der Waals surface area contributed by atoms with Crippen LogP contribution in [-0.2, 0) is 23.9 Å². The van der Waals surface area contributed by atoms with E-state index in [9.17, 15) is 19.2 Å². The summed E-state index contributed by atoms with van der Waals surface area (Å²) >= 11 is 0. The zero-order valence-corrected chi connectivity index (χ0v) is 9.63. The highest BCUT2D eigenvalue weighted by Crippen LogP contribution is 2.02. The van der Waals surface area contributed by atoms with Crippen molar-refractivity contribution >= 4 is 23.9 Å². The molecular formula is C10H15NO7. The number of aliphatic carboxylic acids is 2. The lowest BCUT2D eigenvalue weighted by molar-refractivity contribution is -0.159. The minimum absolute atomic E-state index is 0.0795. The number of rotatable bonds is 8. The number of carboxylic acids is 2. The number of carbonyl (C=O) groups is 4. The largest absolute Gasteiger partial charge is 0.481 e. The summed E-state index contributed by atoms with van der Waals surface area (Å²) in [6, 6.07) is -1.18. The maximum atomic E-state index is 11.1. The quantitative estimate of drug-likeness (QED) is 0.392. The second-order valence-electron chi connectivity index (χ2n) is 3.58. The van der Waals surface area contributed by atoms with Crippen molar-refractivity contribution in [1.29, 1.82) is 0 Å². The van der Waals surface area contributed by atoms with E-state index >= 15 is 0 Å². The minimum Gasteiger partial charge on any atom is -0.481 e. The van der Waals surface area contributed by atoms with Crippen molar-refractivity contribution < 1.29 is 34.1 Å². The van der Waals surface area contributed by atoms with Crippen molar-refractivity contribution in [3.05, 3.63) is 0 Å². The van der Waals surface area contributed by atoms with Crippen LogP contribution >= 0.6 is 0 Å². The van der Waals surface area contributed by atoms with Gasteiger partial charge in [-0.15, -0.1) is 0 Å². The van der Waals surface area contributed by atoms with Crippen LogP contribution in [0.4, 0.5) is 0 Å². The van der Waals surface area contributed by atoms with E-state index in [1.807, 2.05) is 0 Å². The number of nitrogens with two attached hydrogens (primary N) is 1. The van der Waals surface area contributed by atoms with Crippen LogP contribution < -0.4 is 5.73 Å². The third-order valence-electron chi connectivity index (χ3n) is 1.98. The smallest absolute Gasteiger partial charge is 0.320 e. The standard InChI is InChI=1S/C10H15NO7/c11-6(10(16)17)4-5-9(15)18-8(14)3-1-2-7(12)13/h6H,1-5,11H2,(H,12,13)(H,16,17)/t6-/m0/s1. The second kappa shape index (κ2) is 8.18. The van der Waals surface area contributed by atoms with Gasteiger partial charge in [0.25, 0.3) is 0 Å². The minimum atomic E-state index is -1.24. The molecule has 0 bridgehead atoms. The van der Waals surface area contributed by atoms with Gasteiger partial charge >= 0.3 is 23.9 Å². The second-order valence-corrected chi connectivity index (χ2v) is 3.58. The van der Waals surface area contributed by atoms with Crippen molar-refractivity contribution in [2.24, 2.45) is 5.73 Å². The first-order valence-corrected chi connectivity index (χ1v) is 5.26. The number of hydrogen-bond donors (Lipinski definition) is 3. The number of ether oxygens (including phenoxy) is 1. The molecule has 1 atom stereocenters.